The van der Waals surface area contributed by atoms with Gasteiger partial charge >= 0.3 is 0 Å². The van der Waals surface area contributed by atoms with Gasteiger partial charge in [-0.15, -0.1) is 0 Å². The summed E-state index contributed by atoms with van der Waals surface area (Å²) in [6.45, 7) is 3.97. The molecule has 2 saturated carbocycles. The van der Waals surface area contributed by atoms with Crippen molar-refractivity contribution < 1.29 is 29.6 Å². The normalized spacial score (nSPS) is 22.2. The molecule has 9 nitrogen and oxygen atoms in total. The monoisotopic (exact) mass is 705 g/mol. The number of nitrogens with two attached hydrogens (primary N) is 1. The largest absolute Gasteiger partial charge is 0.504 e. The lowest BCUT2D eigenvalue weighted by molar-refractivity contribution is 0.101. The van der Waals surface area contributed by atoms with Gasteiger partial charge in [0.05, 0.1) is 12.7 Å². The Hall–Kier alpha value is -2.82. The zero-order valence-corrected chi connectivity index (χ0v) is 30.8. The highest BCUT2D eigenvalue weighted by Crippen LogP contribution is 2.60. The fourth-order valence-corrected chi connectivity index (χ4v) is 9.79. The molecule has 8 N–H and O–H groups in total. The molecule has 3 aliphatic carbocycles. The fourth-order valence-electron chi connectivity index (χ4n) is 9.79. The van der Waals surface area contributed by atoms with Crippen LogP contribution in [0, 0.1) is 17.3 Å². The van der Waals surface area contributed by atoms with Gasteiger partial charge in [-0.2, -0.15) is 0 Å². The van der Waals surface area contributed by atoms with E-state index in [1.54, 1.807) is 6.07 Å². The molecule has 2 heterocycles. The molecule has 0 saturated heterocycles. The van der Waals surface area contributed by atoms with Gasteiger partial charge in [-0.25, -0.2) is 0 Å². The van der Waals surface area contributed by atoms with Gasteiger partial charge in [-0.3, -0.25) is 0 Å². The number of aliphatic hydroxyl groups is 3. The van der Waals surface area contributed by atoms with E-state index in [4.69, 9.17) is 14.9 Å². The van der Waals surface area contributed by atoms with Crippen LogP contribution in [0.3, 0.4) is 0 Å². The molecule has 0 bridgehead atoms. The van der Waals surface area contributed by atoms with Crippen LogP contribution in [-0.2, 0) is 32.3 Å². The van der Waals surface area contributed by atoms with Crippen molar-refractivity contribution in [3.63, 3.8) is 0 Å². The number of nitrogens with one attached hydrogen (secondary N) is 2. The van der Waals surface area contributed by atoms with Crippen molar-refractivity contribution in [2.45, 2.75) is 134 Å². The van der Waals surface area contributed by atoms with Crippen molar-refractivity contribution in [3.05, 3.63) is 69.9 Å². The number of furan rings is 1. The maximum atomic E-state index is 11.4. The molecule has 3 aromatic rings. The van der Waals surface area contributed by atoms with Crippen molar-refractivity contribution in [2.75, 3.05) is 26.2 Å². The van der Waals surface area contributed by atoms with Gasteiger partial charge in [-0.1, -0.05) is 44.6 Å². The number of unbranched alkanes of at least 4 members (excludes halogenated alkanes) is 4. The highest BCUT2D eigenvalue weighted by Gasteiger charge is 2.51. The van der Waals surface area contributed by atoms with Gasteiger partial charge in [0, 0.05) is 48.8 Å². The summed E-state index contributed by atoms with van der Waals surface area (Å²) in [5.74, 6) is 3.81. The molecule has 5 atom stereocenters. The van der Waals surface area contributed by atoms with E-state index in [0.29, 0.717) is 42.4 Å². The zero-order chi connectivity index (χ0) is 35.8. The van der Waals surface area contributed by atoms with Gasteiger partial charge in [0.25, 0.3) is 0 Å². The van der Waals surface area contributed by atoms with Crippen LogP contribution in [-0.4, -0.2) is 57.8 Å². The minimum Gasteiger partial charge on any atom is -0.504 e. The first-order chi connectivity index (χ1) is 24.8. The van der Waals surface area contributed by atoms with E-state index in [2.05, 4.69) is 16.4 Å². The molecule has 2 fully saturated rings. The summed E-state index contributed by atoms with van der Waals surface area (Å²) in [6, 6.07) is 9.52. The number of hydrogen-bond acceptors (Lipinski definition) is 8. The predicted molar refractivity (Wildman–Crippen MR) is 200 cm³/mol. The first-order valence-corrected chi connectivity index (χ1v) is 19.9. The van der Waals surface area contributed by atoms with E-state index in [9.17, 15) is 20.4 Å². The lowest BCUT2D eigenvalue weighted by Gasteiger charge is -2.39. The summed E-state index contributed by atoms with van der Waals surface area (Å²) < 4.78 is 12.2. The van der Waals surface area contributed by atoms with Gasteiger partial charge in [0.2, 0.25) is 0 Å². The first kappa shape index (κ1) is 37.9. The topological polar surface area (TPSA) is 157 Å². The molecule has 0 radical (unpaired) electrons. The van der Waals surface area contributed by atoms with E-state index < -0.39 is 6.10 Å². The van der Waals surface area contributed by atoms with E-state index in [-0.39, 0.29) is 25.1 Å². The number of aliphatic hydroxyl groups excluding tert-OH is 3. The Morgan fingerprint density at radius 2 is 1.80 bits per heavy atom. The molecular weight excluding hydrogens is 642 g/mol. The summed E-state index contributed by atoms with van der Waals surface area (Å²) >= 11 is 0. The molecule has 1 spiro atoms. The van der Waals surface area contributed by atoms with Crippen LogP contribution in [0.25, 0.3) is 0 Å². The summed E-state index contributed by atoms with van der Waals surface area (Å²) in [6.07, 6.45) is 16.5. The van der Waals surface area contributed by atoms with Gasteiger partial charge in [0.15, 0.2) is 11.5 Å². The second-order valence-electron chi connectivity index (χ2n) is 16.0. The lowest BCUT2D eigenvalue weighted by Crippen LogP contribution is -2.36. The van der Waals surface area contributed by atoms with Crippen molar-refractivity contribution in [1.82, 2.24) is 10.3 Å². The van der Waals surface area contributed by atoms with Crippen molar-refractivity contribution >= 4 is 0 Å². The van der Waals surface area contributed by atoms with Crippen molar-refractivity contribution in [1.29, 1.82) is 0 Å². The highest BCUT2D eigenvalue weighted by atomic mass is 16.5. The van der Waals surface area contributed by atoms with Crippen molar-refractivity contribution in [2.24, 2.45) is 23.0 Å². The molecule has 3 aliphatic rings. The smallest absolute Gasteiger partial charge is 0.161 e. The minimum absolute atomic E-state index is 0.0200. The first-order valence-electron chi connectivity index (χ1n) is 19.9. The SMILES string of the molecule is CC(O)CNCC1c2cc(C(O)COc3cc(CCc4cc(CO)c(CCCCCCCN)o4)ccc3O)[nH]c2CC2(CCCC2)C2CCCC12. The number of fused-ring (bicyclic) bond motifs is 3. The number of H-pyrrole nitrogens is 1. The van der Waals surface area contributed by atoms with Crippen LogP contribution in [0.1, 0.15) is 136 Å². The van der Waals surface area contributed by atoms with Gasteiger partial charge < -0.3 is 45.6 Å². The number of ether oxygens (including phenoxy) is 1. The quantitative estimate of drug-likeness (QED) is 0.0676. The Kier molecular flexibility index (Phi) is 13.2. The molecule has 9 heteroatoms. The molecule has 51 heavy (non-hydrogen) atoms. The standard InChI is InChI=1S/C42H63N3O6/c1-28(47)24-44-25-34-32-10-9-11-35(32)42(17-6-7-18-42)23-37-33(34)22-36(45-37)39(49)27-50-41-20-29(14-16-38(41)48)13-15-31-21-30(26-46)40(51-31)12-5-3-2-4-8-19-43/h14,16,20-22,28,32,34-35,39,44-49H,2-13,15,17-19,23-27,43H2,1H3. The molecule has 282 valence electrons. The third-order valence-corrected chi connectivity index (χ3v) is 12.3. The molecule has 0 aliphatic heterocycles. The summed E-state index contributed by atoms with van der Waals surface area (Å²) in [4.78, 5) is 3.68. The summed E-state index contributed by atoms with van der Waals surface area (Å²) in [5, 5.41) is 45.5. The number of hydrogen-bond donors (Lipinski definition) is 7. The Balaban J connectivity index is 1.09. The average Bonchev–Trinajstić information content (AvgIpc) is 3.94. The van der Waals surface area contributed by atoms with Crippen molar-refractivity contribution in [3.8, 4) is 11.5 Å². The number of aryl methyl sites for hydroxylation is 3. The second-order valence-corrected chi connectivity index (χ2v) is 16.0. The average molecular weight is 706 g/mol. The molecular formula is C42H63N3O6. The third kappa shape index (κ3) is 9.22. The van der Waals surface area contributed by atoms with Crippen LogP contribution in [0.4, 0.5) is 0 Å². The van der Waals surface area contributed by atoms with Gasteiger partial charge in [0.1, 0.15) is 24.2 Å². The maximum absolute atomic E-state index is 11.4. The minimum atomic E-state index is -0.871. The predicted octanol–water partition coefficient (Wildman–Crippen LogP) is 6.74. The summed E-state index contributed by atoms with van der Waals surface area (Å²) in [7, 11) is 0. The summed E-state index contributed by atoms with van der Waals surface area (Å²) in [5.41, 5.74) is 11.1. The highest BCUT2D eigenvalue weighted by molar-refractivity contribution is 5.42. The third-order valence-electron chi connectivity index (χ3n) is 12.3. The molecule has 1 aromatic carbocycles. The number of benzene rings is 1. The Morgan fingerprint density at radius 3 is 2.59 bits per heavy atom. The molecule has 5 unspecified atom stereocenters. The van der Waals surface area contributed by atoms with Crippen LogP contribution < -0.4 is 15.8 Å². The van der Waals surface area contributed by atoms with Crippen LogP contribution in [0.15, 0.2) is 34.7 Å². The van der Waals surface area contributed by atoms with Crippen LogP contribution in [0.2, 0.25) is 0 Å². The van der Waals surface area contributed by atoms with E-state index in [1.807, 2.05) is 25.1 Å². The van der Waals surface area contributed by atoms with Gasteiger partial charge in [-0.05, 0) is 117 Å². The van der Waals surface area contributed by atoms with E-state index in [0.717, 1.165) is 85.9 Å². The molecule has 0 amide bonds. The van der Waals surface area contributed by atoms with E-state index in [1.165, 1.54) is 62.6 Å². The van der Waals surface area contributed by atoms with Crippen LogP contribution >= 0.6 is 0 Å². The fraction of sp³-hybridized carbons (Fsp3) is 0.667. The Morgan fingerprint density at radius 1 is 1.00 bits per heavy atom. The number of aromatic hydroxyl groups is 1. The van der Waals surface area contributed by atoms with Crippen LogP contribution in [0.5, 0.6) is 11.5 Å². The Labute approximate surface area is 304 Å². The zero-order valence-electron chi connectivity index (χ0n) is 30.8. The number of phenols is 1. The molecule has 6 rings (SSSR count). The Bertz CT molecular complexity index is 1520. The number of rotatable bonds is 19. The number of phenolic OH excluding ortho intramolecular Hbond substituents is 1. The number of aromatic nitrogens is 1. The molecule has 2 aromatic heterocycles. The lowest BCUT2D eigenvalue weighted by atomic mass is 9.66. The maximum Gasteiger partial charge on any atom is 0.161 e. The van der Waals surface area contributed by atoms with E-state index >= 15 is 0 Å². The number of aromatic amines is 1. The second kappa shape index (κ2) is 17.8.